The number of rotatable bonds is 9. The highest BCUT2D eigenvalue weighted by Crippen LogP contribution is 2.18. The Hall–Kier alpha value is -2.90. The van der Waals surface area contributed by atoms with Gasteiger partial charge >= 0.3 is 0 Å². The molecule has 2 aromatic carbocycles. The van der Waals surface area contributed by atoms with E-state index in [1.807, 2.05) is 18.2 Å². The summed E-state index contributed by atoms with van der Waals surface area (Å²) in [7, 11) is -3.69. The van der Waals surface area contributed by atoms with Crippen molar-refractivity contribution in [3.63, 3.8) is 0 Å². The van der Waals surface area contributed by atoms with E-state index in [0.29, 0.717) is 17.9 Å². The lowest BCUT2D eigenvalue weighted by Gasteiger charge is -2.16. The Labute approximate surface area is 171 Å². The lowest BCUT2D eigenvalue weighted by atomic mass is 9.96. The number of hydrogen-bond acceptors (Lipinski definition) is 4. The van der Waals surface area contributed by atoms with E-state index in [0.717, 1.165) is 6.42 Å². The fourth-order valence-corrected chi connectivity index (χ4v) is 3.98. The van der Waals surface area contributed by atoms with E-state index in [-0.39, 0.29) is 23.3 Å². The molecule has 0 saturated heterocycles. The van der Waals surface area contributed by atoms with Gasteiger partial charge in [0.05, 0.1) is 17.7 Å². The van der Waals surface area contributed by atoms with E-state index >= 15 is 0 Å². The Morgan fingerprint density at radius 3 is 2.34 bits per heavy atom. The summed E-state index contributed by atoms with van der Waals surface area (Å²) in [6.45, 7) is 2.67. The molecule has 29 heavy (non-hydrogen) atoms. The maximum Gasteiger partial charge on any atom is 0.251 e. The van der Waals surface area contributed by atoms with Gasteiger partial charge in [0.1, 0.15) is 5.76 Å². The quantitative estimate of drug-likeness (QED) is 0.561. The summed E-state index contributed by atoms with van der Waals surface area (Å²) < 4.78 is 32.3. The van der Waals surface area contributed by atoms with Crippen LogP contribution in [0.3, 0.4) is 0 Å². The van der Waals surface area contributed by atoms with Gasteiger partial charge in [-0.3, -0.25) is 4.79 Å². The summed E-state index contributed by atoms with van der Waals surface area (Å²) in [4.78, 5) is 12.5. The largest absolute Gasteiger partial charge is 0.468 e. The molecule has 7 heteroatoms. The highest BCUT2D eigenvalue weighted by molar-refractivity contribution is 7.89. The van der Waals surface area contributed by atoms with Gasteiger partial charge in [-0.15, -0.1) is 0 Å². The van der Waals surface area contributed by atoms with Gasteiger partial charge in [-0.2, -0.15) is 0 Å². The average molecular weight is 413 g/mol. The Morgan fingerprint density at radius 2 is 1.72 bits per heavy atom. The molecule has 3 aromatic rings. The van der Waals surface area contributed by atoms with Crippen LogP contribution >= 0.6 is 0 Å². The standard InChI is InChI=1S/C22H24N2O4S/c1-2-17(18-7-4-3-5-8-18)15-23-22(25)19-10-12-21(13-11-19)29(26,27)24-16-20-9-6-14-28-20/h3-14,17,24H,2,15-16H2,1H3,(H,23,25)/t17-/m1/s1. The number of carbonyl (C=O) groups excluding carboxylic acids is 1. The smallest absolute Gasteiger partial charge is 0.251 e. The average Bonchev–Trinajstić information content (AvgIpc) is 3.27. The van der Waals surface area contributed by atoms with Crippen LogP contribution in [0.5, 0.6) is 0 Å². The number of furan rings is 1. The lowest BCUT2D eigenvalue weighted by molar-refractivity contribution is 0.0951. The van der Waals surface area contributed by atoms with Gasteiger partial charge in [-0.25, -0.2) is 13.1 Å². The van der Waals surface area contributed by atoms with Crippen LogP contribution in [0.25, 0.3) is 0 Å². The zero-order valence-electron chi connectivity index (χ0n) is 16.2. The number of amides is 1. The molecule has 0 bridgehead atoms. The first kappa shape index (κ1) is 20.8. The third-order valence-corrected chi connectivity index (χ3v) is 6.13. The van der Waals surface area contributed by atoms with Gasteiger partial charge in [-0.1, -0.05) is 37.3 Å². The van der Waals surface area contributed by atoms with E-state index in [9.17, 15) is 13.2 Å². The van der Waals surface area contributed by atoms with Gasteiger partial charge in [0.2, 0.25) is 10.0 Å². The van der Waals surface area contributed by atoms with Crippen molar-refractivity contribution >= 4 is 15.9 Å². The van der Waals surface area contributed by atoms with Crippen molar-refractivity contribution in [3.05, 3.63) is 89.9 Å². The monoisotopic (exact) mass is 412 g/mol. The van der Waals surface area contributed by atoms with Crippen molar-refractivity contribution in [2.24, 2.45) is 0 Å². The molecule has 3 rings (SSSR count). The van der Waals surface area contributed by atoms with Crippen LogP contribution in [0.15, 0.2) is 82.3 Å². The van der Waals surface area contributed by atoms with Crippen LogP contribution in [-0.2, 0) is 16.6 Å². The minimum absolute atomic E-state index is 0.0649. The van der Waals surface area contributed by atoms with Crippen molar-refractivity contribution < 1.29 is 17.6 Å². The highest BCUT2D eigenvalue weighted by atomic mass is 32.2. The summed E-state index contributed by atoms with van der Waals surface area (Å²) >= 11 is 0. The maximum atomic E-state index is 12.4. The Kier molecular flexibility index (Phi) is 6.85. The van der Waals surface area contributed by atoms with Gasteiger partial charge in [0.25, 0.3) is 5.91 Å². The lowest BCUT2D eigenvalue weighted by Crippen LogP contribution is -2.28. The molecule has 0 aliphatic heterocycles. The first-order valence-corrected chi connectivity index (χ1v) is 10.9. The number of carbonyl (C=O) groups is 1. The molecule has 152 valence electrons. The van der Waals surface area contributed by atoms with Crippen molar-refractivity contribution in [2.45, 2.75) is 30.7 Å². The van der Waals surface area contributed by atoms with E-state index < -0.39 is 10.0 Å². The number of nitrogens with one attached hydrogen (secondary N) is 2. The molecular weight excluding hydrogens is 388 g/mol. The zero-order chi connectivity index (χ0) is 20.7. The number of hydrogen-bond donors (Lipinski definition) is 2. The summed E-state index contributed by atoms with van der Waals surface area (Å²) in [6.07, 6.45) is 2.39. The molecule has 1 amide bonds. The zero-order valence-corrected chi connectivity index (χ0v) is 17.0. The molecule has 1 heterocycles. The predicted octanol–water partition coefficient (Wildman–Crippen LogP) is 3.68. The van der Waals surface area contributed by atoms with Gasteiger partial charge in [0.15, 0.2) is 0 Å². The summed E-state index contributed by atoms with van der Waals surface area (Å²) in [5.74, 6) is 0.519. The molecule has 1 aromatic heterocycles. The molecule has 6 nitrogen and oxygen atoms in total. The number of sulfonamides is 1. The van der Waals surface area contributed by atoms with Crippen LogP contribution in [0.2, 0.25) is 0 Å². The second kappa shape index (κ2) is 9.54. The molecule has 1 atom stereocenters. The van der Waals surface area contributed by atoms with Crippen molar-refractivity contribution in [2.75, 3.05) is 6.54 Å². The molecule has 0 fully saturated rings. The molecular formula is C22H24N2O4S. The Balaban J connectivity index is 1.59. The molecule has 0 radical (unpaired) electrons. The van der Waals surface area contributed by atoms with Crippen LogP contribution in [0.4, 0.5) is 0 Å². The molecule has 0 aliphatic rings. The first-order chi connectivity index (χ1) is 14.0. The third kappa shape index (κ3) is 5.56. The second-order valence-electron chi connectivity index (χ2n) is 6.65. The first-order valence-electron chi connectivity index (χ1n) is 9.45. The SMILES string of the molecule is CC[C@H](CNC(=O)c1ccc(S(=O)(=O)NCc2ccco2)cc1)c1ccccc1. The van der Waals surface area contributed by atoms with Gasteiger partial charge < -0.3 is 9.73 Å². The highest BCUT2D eigenvalue weighted by Gasteiger charge is 2.16. The minimum atomic E-state index is -3.69. The fourth-order valence-electron chi connectivity index (χ4n) is 2.99. The topological polar surface area (TPSA) is 88.4 Å². The fraction of sp³-hybridized carbons (Fsp3) is 0.227. The van der Waals surface area contributed by atoms with E-state index in [2.05, 4.69) is 29.1 Å². The molecule has 0 aliphatic carbocycles. The molecule has 0 unspecified atom stereocenters. The third-order valence-electron chi connectivity index (χ3n) is 4.72. The normalized spacial score (nSPS) is 12.4. The second-order valence-corrected chi connectivity index (χ2v) is 8.42. The van der Waals surface area contributed by atoms with Gasteiger partial charge in [-0.05, 0) is 48.4 Å². The minimum Gasteiger partial charge on any atom is -0.468 e. The van der Waals surface area contributed by atoms with E-state index in [1.165, 1.54) is 36.1 Å². The van der Waals surface area contributed by atoms with Crippen LogP contribution in [0, 0.1) is 0 Å². The molecule has 0 spiro atoms. The van der Waals surface area contributed by atoms with E-state index in [1.54, 1.807) is 12.1 Å². The predicted molar refractivity (Wildman–Crippen MR) is 111 cm³/mol. The number of benzene rings is 2. The van der Waals surface area contributed by atoms with Crippen molar-refractivity contribution in [1.29, 1.82) is 0 Å². The summed E-state index contributed by atoms with van der Waals surface area (Å²) in [5, 5.41) is 2.93. The molecule has 0 saturated carbocycles. The van der Waals surface area contributed by atoms with Crippen LogP contribution < -0.4 is 10.0 Å². The van der Waals surface area contributed by atoms with Crippen molar-refractivity contribution in [1.82, 2.24) is 10.0 Å². The van der Waals surface area contributed by atoms with Gasteiger partial charge in [0, 0.05) is 18.0 Å². The molecule has 2 N–H and O–H groups in total. The van der Waals surface area contributed by atoms with E-state index in [4.69, 9.17) is 4.42 Å². The Bertz CT molecular complexity index is 1010. The van der Waals surface area contributed by atoms with Crippen LogP contribution in [-0.4, -0.2) is 20.9 Å². The summed E-state index contributed by atoms with van der Waals surface area (Å²) in [6, 6.07) is 19.3. The Morgan fingerprint density at radius 1 is 1.00 bits per heavy atom. The maximum absolute atomic E-state index is 12.4. The summed E-state index contributed by atoms with van der Waals surface area (Å²) in [5.41, 5.74) is 1.59. The van der Waals surface area contributed by atoms with Crippen LogP contribution in [0.1, 0.15) is 40.9 Å². The van der Waals surface area contributed by atoms with Crippen molar-refractivity contribution in [3.8, 4) is 0 Å².